The SMILES string of the molecule is COC(=O)NC(=O)CN1CCCC1C(=O)O. The number of ether oxygens (including phenoxy) is 1. The van der Waals surface area contributed by atoms with Crippen LogP contribution in [0.5, 0.6) is 0 Å². The first-order valence-corrected chi connectivity index (χ1v) is 4.89. The molecule has 0 bridgehead atoms. The maximum absolute atomic E-state index is 11.3. The Morgan fingerprint density at radius 2 is 2.19 bits per heavy atom. The van der Waals surface area contributed by atoms with E-state index in [-0.39, 0.29) is 6.54 Å². The highest BCUT2D eigenvalue weighted by molar-refractivity contribution is 5.93. The monoisotopic (exact) mass is 230 g/mol. The maximum Gasteiger partial charge on any atom is 0.413 e. The summed E-state index contributed by atoms with van der Waals surface area (Å²) in [6.45, 7) is 0.442. The molecule has 1 fully saturated rings. The number of carboxylic acid groups (broad SMARTS) is 1. The summed E-state index contributed by atoms with van der Waals surface area (Å²) in [5.41, 5.74) is 0. The van der Waals surface area contributed by atoms with Crippen LogP contribution in [0.4, 0.5) is 4.79 Å². The van der Waals surface area contributed by atoms with Gasteiger partial charge in [0.05, 0.1) is 13.7 Å². The summed E-state index contributed by atoms with van der Waals surface area (Å²) in [5, 5.41) is 10.8. The number of nitrogens with zero attached hydrogens (tertiary/aromatic N) is 1. The van der Waals surface area contributed by atoms with Crippen LogP contribution in [0.3, 0.4) is 0 Å². The van der Waals surface area contributed by atoms with Gasteiger partial charge < -0.3 is 9.84 Å². The van der Waals surface area contributed by atoms with Gasteiger partial charge in [-0.1, -0.05) is 0 Å². The molecule has 2 N–H and O–H groups in total. The summed E-state index contributed by atoms with van der Waals surface area (Å²) in [5.74, 6) is -1.50. The zero-order valence-corrected chi connectivity index (χ0v) is 8.93. The molecule has 90 valence electrons. The second-order valence-electron chi connectivity index (χ2n) is 3.51. The van der Waals surface area contributed by atoms with Crippen LogP contribution >= 0.6 is 0 Å². The lowest BCUT2D eigenvalue weighted by Crippen LogP contribution is -2.44. The summed E-state index contributed by atoms with van der Waals surface area (Å²) < 4.78 is 4.25. The van der Waals surface area contributed by atoms with E-state index in [9.17, 15) is 14.4 Å². The number of amides is 2. The van der Waals surface area contributed by atoms with Crippen molar-refractivity contribution in [2.24, 2.45) is 0 Å². The number of hydrogen-bond donors (Lipinski definition) is 2. The molecule has 1 heterocycles. The molecule has 2 amide bonds. The van der Waals surface area contributed by atoms with E-state index in [1.54, 1.807) is 0 Å². The van der Waals surface area contributed by atoms with Crippen molar-refractivity contribution in [3.63, 3.8) is 0 Å². The molecular formula is C9H14N2O5. The molecule has 0 saturated carbocycles. The molecule has 1 saturated heterocycles. The van der Waals surface area contributed by atoms with Gasteiger partial charge in [0, 0.05) is 0 Å². The fraction of sp³-hybridized carbons (Fsp3) is 0.667. The molecule has 7 heteroatoms. The van der Waals surface area contributed by atoms with Crippen molar-refractivity contribution in [2.75, 3.05) is 20.2 Å². The van der Waals surface area contributed by atoms with Crippen LogP contribution in [0.1, 0.15) is 12.8 Å². The number of hydrogen-bond acceptors (Lipinski definition) is 5. The number of nitrogens with one attached hydrogen (secondary N) is 1. The van der Waals surface area contributed by atoms with Crippen molar-refractivity contribution in [3.05, 3.63) is 0 Å². The van der Waals surface area contributed by atoms with Crippen molar-refractivity contribution in [1.29, 1.82) is 0 Å². The van der Waals surface area contributed by atoms with Gasteiger partial charge >= 0.3 is 12.1 Å². The number of methoxy groups -OCH3 is 1. The van der Waals surface area contributed by atoms with Gasteiger partial charge in [-0.2, -0.15) is 0 Å². The molecular weight excluding hydrogens is 216 g/mol. The Morgan fingerprint density at radius 3 is 2.75 bits per heavy atom. The first kappa shape index (κ1) is 12.4. The molecule has 0 aromatic rings. The third kappa shape index (κ3) is 3.20. The van der Waals surface area contributed by atoms with Gasteiger partial charge in [-0.3, -0.25) is 19.8 Å². The van der Waals surface area contributed by atoms with E-state index in [0.717, 1.165) is 13.5 Å². The highest BCUT2D eigenvalue weighted by atomic mass is 16.5. The third-order valence-corrected chi connectivity index (χ3v) is 2.42. The van der Waals surface area contributed by atoms with Crippen molar-refractivity contribution in [2.45, 2.75) is 18.9 Å². The number of likely N-dealkylation sites (tertiary alicyclic amines) is 1. The fourth-order valence-corrected chi connectivity index (χ4v) is 1.68. The highest BCUT2D eigenvalue weighted by Gasteiger charge is 2.31. The molecule has 1 aliphatic heterocycles. The van der Waals surface area contributed by atoms with Gasteiger partial charge in [-0.05, 0) is 19.4 Å². The first-order valence-electron chi connectivity index (χ1n) is 4.89. The van der Waals surface area contributed by atoms with Crippen molar-refractivity contribution in [3.8, 4) is 0 Å². The maximum atomic E-state index is 11.3. The summed E-state index contributed by atoms with van der Waals surface area (Å²) in [6, 6.07) is -0.636. The number of rotatable bonds is 3. The summed E-state index contributed by atoms with van der Waals surface area (Å²) in [6.07, 6.45) is 0.430. The molecule has 0 aliphatic carbocycles. The predicted molar refractivity (Wildman–Crippen MR) is 52.8 cm³/mol. The van der Waals surface area contributed by atoms with Gasteiger partial charge in [-0.15, -0.1) is 0 Å². The van der Waals surface area contributed by atoms with E-state index in [0.29, 0.717) is 13.0 Å². The molecule has 0 aromatic heterocycles. The average Bonchev–Trinajstić information content (AvgIpc) is 2.65. The van der Waals surface area contributed by atoms with Crippen LogP contribution in [0, 0.1) is 0 Å². The Kier molecular flexibility index (Phi) is 4.24. The predicted octanol–water partition coefficient (Wildman–Crippen LogP) is -0.582. The third-order valence-electron chi connectivity index (χ3n) is 2.42. The Balaban J connectivity index is 2.44. The van der Waals surface area contributed by atoms with E-state index in [1.165, 1.54) is 4.90 Å². The lowest BCUT2D eigenvalue weighted by atomic mass is 10.2. The zero-order chi connectivity index (χ0) is 12.1. The van der Waals surface area contributed by atoms with Crippen LogP contribution in [0.2, 0.25) is 0 Å². The Bertz CT molecular complexity index is 304. The van der Waals surface area contributed by atoms with Crippen molar-refractivity contribution in [1.82, 2.24) is 10.2 Å². The van der Waals surface area contributed by atoms with Crippen LogP contribution in [-0.4, -0.2) is 54.2 Å². The molecule has 0 radical (unpaired) electrons. The second kappa shape index (κ2) is 5.45. The lowest BCUT2D eigenvalue weighted by molar-refractivity contribution is -0.142. The number of imide groups is 1. The van der Waals surface area contributed by atoms with Gasteiger partial charge in [0.1, 0.15) is 6.04 Å². The molecule has 7 nitrogen and oxygen atoms in total. The number of alkyl carbamates (subject to hydrolysis) is 1. The summed E-state index contributed by atoms with van der Waals surface area (Å²) in [4.78, 5) is 34.3. The zero-order valence-electron chi connectivity index (χ0n) is 8.93. The normalized spacial score (nSPS) is 20.4. The Hall–Kier alpha value is -1.63. The molecule has 1 unspecified atom stereocenters. The van der Waals surface area contributed by atoms with Crippen LogP contribution in [-0.2, 0) is 14.3 Å². The Morgan fingerprint density at radius 1 is 1.50 bits per heavy atom. The lowest BCUT2D eigenvalue weighted by Gasteiger charge is -2.19. The van der Waals surface area contributed by atoms with E-state index in [1.807, 2.05) is 5.32 Å². The number of carbonyl (C=O) groups excluding carboxylic acids is 2. The molecule has 0 spiro atoms. The van der Waals surface area contributed by atoms with E-state index in [4.69, 9.17) is 5.11 Å². The number of carbonyl (C=O) groups is 3. The molecule has 1 rings (SSSR count). The minimum atomic E-state index is -0.941. The van der Waals surface area contributed by atoms with Gasteiger partial charge in [0.25, 0.3) is 0 Å². The van der Waals surface area contributed by atoms with Crippen LogP contribution < -0.4 is 5.32 Å². The molecule has 0 aromatic carbocycles. The van der Waals surface area contributed by atoms with Gasteiger partial charge in [0.15, 0.2) is 0 Å². The topological polar surface area (TPSA) is 95.9 Å². The second-order valence-corrected chi connectivity index (χ2v) is 3.51. The van der Waals surface area contributed by atoms with E-state index < -0.39 is 24.0 Å². The summed E-state index contributed by atoms with van der Waals surface area (Å²) in [7, 11) is 1.15. The fourth-order valence-electron chi connectivity index (χ4n) is 1.68. The number of carboxylic acids is 1. The van der Waals surface area contributed by atoms with E-state index in [2.05, 4.69) is 4.74 Å². The first-order chi connectivity index (χ1) is 7.54. The van der Waals surface area contributed by atoms with Gasteiger partial charge in [-0.25, -0.2) is 4.79 Å². The van der Waals surface area contributed by atoms with E-state index >= 15 is 0 Å². The van der Waals surface area contributed by atoms with Crippen molar-refractivity contribution < 1.29 is 24.2 Å². The molecule has 1 aliphatic rings. The van der Waals surface area contributed by atoms with Crippen LogP contribution in [0.15, 0.2) is 0 Å². The quantitative estimate of drug-likeness (QED) is 0.673. The highest BCUT2D eigenvalue weighted by Crippen LogP contribution is 2.16. The van der Waals surface area contributed by atoms with Gasteiger partial charge in [0.2, 0.25) is 5.91 Å². The standard InChI is InChI=1S/C9H14N2O5/c1-16-9(15)10-7(12)5-11-4-2-3-6(11)8(13)14/h6H,2-5H2,1H3,(H,13,14)(H,10,12,15). The molecule has 1 atom stereocenters. The largest absolute Gasteiger partial charge is 0.480 e. The van der Waals surface area contributed by atoms with Crippen LogP contribution in [0.25, 0.3) is 0 Å². The summed E-state index contributed by atoms with van der Waals surface area (Å²) >= 11 is 0. The minimum absolute atomic E-state index is 0.105. The Labute approximate surface area is 92.4 Å². The average molecular weight is 230 g/mol. The molecule has 16 heavy (non-hydrogen) atoms. The van der Waals surface area contributed by atoms with Crippen molar-refractivity contribution >= 4 is 18.0 Å². The smallest absolute Gasteiger partial charge is 0.413 e. The minimum Gasteiger partial charge on any atom is -0.480 e. The number of aliphatic carboxylic acids is 1.